The van der Waals surface area contributed by atoms with E-state index in [1.165, 1.54) is 20.6 Å². The first-order valence-corrected chi connectivity index (χ1v) is 7.87. The molecule has 1 aromatic rings. The minimum Gasteiger partial charge on any atom is -0.490 e. The fourth-order valence-electron chi connectivity index (χ4n) is 2.22. The Hall–Kier alpha value is -1.20. The van der Waals surface area contributed by atoms with E-state index in [0.717, 1.165) is 18.6 Å². The zero-order valence-corrected chi connectivity index (χ0v) is 12.8. The molecule has 6 nitrogen and oxygen atoms in total. The van der Waals surface area contributed by atoms with Crippen molar-refractivity contribution in [2.75, 3.05) is 14.2 Å². The summed E-state index contributed by atoms with van der Waals surface area (Å²) in [4.78, 5) is 11.8. The summed E-state index contributed by atoms with van der Waals surface area (Å²) >= 11 is 0. The second kappa shape index (κ2) is 6.28. The summed E-state index contributed by atoms with van der Waals surface area (Å²) in [6, 6.07) is 5.29. The van der Waals surface area contributed by atoms with E-state index in [9.17, 15) is 4.79 Å². The van der Waals surface area contributed by atoms with Crippen molar-refractivity contribution in [3.8, 4) is 5.75 Å². The number of fused-ring (bicyclic) bond motifs is 1. The van der Waals surface area contributed by atoms with Gasteiger partial charge in [0, 0.05) is 19.8 Å². The molecule has 1 fully saturated rings. The Bertz CT molecular complexity index is 526. The number of cyclic esters (lactones) is 1. The van der Waals surface area contributed by atoms with E-state index < -0.39 is 20.9 Å². The molecule has 0 spiro atoms. The average Bonchev–Trinajstić information content (AvgIpc) is 2.76. The zero-order valence-electron chi connectivity index (χ0n) is 11.9. The first-order valence-electron chi connectivity index (χ1n) is 6.78. The smallest absolute Gasteiger partial charge is 0.341 e. The Morgan fingerprint density at radius 2 is 2.00 bits per heavy atom. The number of carbonyl (C=O) groups excluding carboxylic acids is 1. The number of rotatable bonds is 6. The first-order chi connectivity index (χ1) is 10.2. The van der Waals surface area contributed by atoms with E-state index in [1.807, 2.05) is 0 Å². The van der Waals surface area contributed by atoms with Crippen LogP contribution in [0, 0.1) is 0 Å². The maximum absolute atomic E-state index is 11.8. The molecule has 1 saturated carbocycles. The highest BCUT2D eigenvalue weighted by molar-refractivity contribution is 7.41. The summed E-state index contributed by atoms with van der Waals surface area (Å²) in [5, 5.41) is 0. The van der Waals surface area contributed by atoms with Crippen molar-refractivity contribution in [3.05, 3.63) is 29.3 Å². The minimum atomic E-state index is -1.55. The van der Waals surface area contributed by atoms with Crippen LogP contribution in [0.5, 0.6) is 5.75 Å². The van der Waals surface area contributed by atoms with Crippen LogP contribution in [0.4, 0.5) is 0 Å². The molecule has 1 heterocycles. The largest absolute Gasteiger partial charge is 0.490 e. The lowest BCUT2D eigenvalue weighted by Gasteiger charge is -2.26. The average molecular weight is 312 g/mol. The SMILES string of the molecule is COP(OC)OC1OC(=O)c2ccc(OC3CCC3)cc21. The summed E-state index contributed by atoms with van der Waals surface area (Å²) in [6.45, 7) is 0. The Kier molecular flexibility index (Phi) is 4.40. The molecule has 1 aromatic carbocycles. The highest BCUT2D eigenvalue weighted by Crippen LogP contribution is 2.47. The van der Waals surface area contributed by atoms with Gasteiger partial charge in [-0.15, -0.1) is 0 Å². The van der Waals surface area contributed by atoms with Gasteiger partial charge in [0.1, 0.15) is 5.75 Å². The number of carbonyl (C=O) groups is 1. The van der Waals surface area contributed by atoms with E-state index >= 15 is 0 Å². The van der Waals surface area contributed by atoms with Crippen LogP contribution in [0.2, 0.25) is 0 Å². The number of esters is 1. The molecular formula is C14H17O6P. The van der Waals surface area contributed by atoms with Gasteiger partial charge in [0.05, 0.1) is 11.7 Å². The number of benzene rings is 1. The van der Waals surface area contributed by atoms with Crippen LogP contribution >= 0.6 is 8.60 Å². The van der Waals surface area contributed by atoms with Gasteiger partial charge < -0.3 is 18.5 Å². The number of ether oxygens (including phenoxy) is 2. The third-order valence-electron chi connectivity index (χ3n) is 3.55. The van der Waals surface area contributed by atoms with E-state index in [1.54, 1.807) is 18.2 Å². The first kappa shape index (κ1) is 14.7. The molecule has 7 heteroatoms. The third-order valence-corrected chi connectivity index (χ3v) is 4.51. The molecule has 0 saturated heterocycles. The molecule has 2 aliphatic rings. The summed E-state index contributed by atoms with van der Waals surface area (Å²) < 4.78 is 26.6. The molecule has 0 amide bonds. The fraction of sp³-hybridized carbons (Fsp3) is 0.500. The lowest BCUT2D eigenvalue weighted by Crippen LogP contribution is -2.24. The van der Waals surface area contributed by atoms with Crippen LogP contribution in [0.1, 0.15) is 41.5 Å². The quantitative estimate of drug-likeness (QED) is 0.593. The highest BCUT2D eigenvalue weighted by atomic mass is 31.2. The molecule has 3 rings (SSSR count). The Balaban J connectivity index is 1.78. The predicted octanol–water partition coefficient (Wildman–Crippen LogP) is 3.32. The zero-order chi connectivity index (χ0) is 14.8. The van der Waals surface area contributed by atoms with Crippen molar-refractivity contribution in [1.29, 1.82) is 0 Å². The monoisotopic (exact) mass is 312 g/mol. The van der Waals surface area contributed by atoms with E-state index in [4.69, 9.17) is 23.0 Å². The van der Waals surface area contributed by atoms with Crippen LogP contribution in [-0.2, 0) is 18.3 Å². The molecule has 0 radical (unpaired) electrons. The van der Waals surface area contributed by atoms with Crippen molar-refractivity contribution in [1.82, 2.24) is 0 Å². The van der Waals surface area contributed by atoms with Crippen molar-refractivity contribution in [2.24, 2.45) is 0 Å². The van der Waals surface area contributed by atoms with Crippen LogP contribution in [-0.4, -0.2) is 26.3 Å². The Morgan fingerprint density at radius 1 is 1.24 bits per heavy atom. The molecule has 1 atom stereocenters. The molecular weight excluding hydrogens is 295 g/mol. The van der Waals surface area contributed by atoms with Gasteiger partial charge in [0.2, 0.25) is 6.29 Å². The molecule has 0 aromatic heterocycles. The van der Waals surface area contributed by atoms with Crippen LogP contribution in [0.15, 0.2) is 18.2 Å². The van der Waals surface area contributed by atoms with Gasteiger partial charge in [-0.2, -0.15) is 0 Å². The molecule has 1 aliphatic heterocycles. The Labute approximate surface area is 124 Å². The van der Waals surface area contributed by atoms with Crippen molar-refractivity contribution in [2.45, 2.75) is 31.7 Å². The fourth-order valence-corrected chi connectivity index (χ4v) is 2.85. The summed E-state index contributed by atoms with van der Waals surface area (Å²) in [5.41, 5.74) is 1.14. The van der Waals surface area contributed by atoms with E-state index in [2.05, 4.69) is 0 Å². The topological polar surface area (TPSA) is 63.2 Å². The van der Waals surface area contributed by atoms with Gasteiger partial charge >= 0.3 is 14.6 Å². The van der Waals surface area contributed by atoms with Crippen LogP contribution in [0.25, 0.3) is 0 Å². The standard InChI is InChI=1S/C14H17O6P/c1-16-21(17-2)20-14-12-8-10(18-9-4-3-5-9)6-7-11(12)13(15)19-14/h6-9,14H,3-5H2,1-2H3. The van der Waals surface area contributed by atoms with Crippen molar-refractivity contribution >= 4 is 14.6 Å². The van der Waals surface area contributed by atoms with Crippen molar-refractivity contribution in [3.63, 3.8) is 0 Å². The number of hydrogen-bond donors (Lipinski definition) is 0. The summed E-state index contributed by atoms with van der Waals surface area (Å²) in [6.07, 6.45) is 2.81. The predicted molar refractivity (Wildman–Crippen MR) is 74.9 cm³/mol. The van der Waals surface area contributed by atoms with Crippen LogP contribution in [0.3, 0.4) is 0 Å². The molecule has 0 bridgehead atoms. The van der Waals surface area contributed by atoms with Gasteiger partial charge in [0.25, 0.3) is 0 Å². The van der Waals surface area contributed by atoms with E-state index in [-0.39, 0.29) is 6.10 Å². The van der Waals surface area contributed by atoms with Gasteiger partial charge in [-0.1, -0.05) is 0 Å². The lowest BCUT2D eigenvalue weighted by molar-refractivity contribution is -0.0464. The van der Waals surface area contributed by atoms with Crippen LogP contribution < -0.4 is 4.74 Å². The normalized spacial score (nSPS) is 21.1. The molecule has 1 aliphatic carbocycles. The second-order valence-electron chi connectivity index (χ2n) is 4.85. The van der Waals surface area contributed by atoms with Gasteiger partial charge in [0.15, 0.2) is 0 Å². The maximum Gasteiger partial charge on any atom is 0.341 e. The second-order valence-corrected chi connectivity index (χ2v) is 6.24. The van der Waals surface area contributed by atoms with E-state index in [0.29, 0.717) is 11.1 Å². The number of hydrogen-bond acceptors (Lipinski definition) is 6. The third kappa shape index (κ3) is 3.04. The highest BCUT2D eigenvalue weighted by Gasteiger charge is 2.35. The molecule has 21 heavy (non-hydrogen) atoms. The molecule has 1 unspecified atom stereocenters. The Morgan fingerprint density at radius 3 is 2.62 bits per heavy atom. The lowest BCUT2D eigenvalue weighted by atomic mass is 9.96. The van der Waals surface area contributed by atoms with Gasteiger partial charge in [-0.3, -0.25) is 4.52 Å². The van der Waals surface area contributed by atoms with Gasteiger partial charge in [-0.25, -0.2) is 4.79 Å². The summed E-state index contributed by atoms with van der Waals surface area (Å²) in [7, 11) is 1.40. The summed E-state index contributed by atoms with van der Waals surface area (Å²) in [5.74, 6) is 0.317. The van der Waals surface area contributed by atoms with Gasteiger partial charge in [-0.05, 0) is 37.5 Å². The molecule has 0 N–H and O–H groups in total. The van der Waals surface area contributed by atoms with Crippen molar-refractivity contribution < 1.29 is 27.8 Å². The molecule has 114 valence electrons. The minimum absolute atomic E-state index is 0.274. The maximum atomic E-state index is 11.8.